The molecule has 0 fully saturated rings. The molecule has 0 atom stereocenters. The van der Waals surface area contributed by atoms with Crippen molar-refractivity contribution in [1.29, 1.82) is 0 Å². The molecule has 0 amide bonds. The van der Waals surface area contributed by atoms with Crippen molar-refractivity contribution < 1.29 is 4.92 Å². The molecule has 4 nitrogen and oxygen atoms in total. The summed E-state index contributed by atoms with van der Waals surface area (Å²) in [5.41, 5.74) is 6.43. The number of thiophene rings is 1. The number of nitrogen functional groups attached to an aromatic ring is 1. The van der Waals surface area contributed by atoms with Crippen LogP contribution in [0.5, 0.6) is 0 Å². The van der Waals surface area contributed by atoms with Crippen molar-refractivity contribution in [1.82, 2.24) is 0 Å². The van der Waals surface area contributed by atoms with E-state index in [2.05, 4.69) is 0 Å². The van der Waals surface area contributed by atoms with E-state index >= 15 is 0 Å². The van der Waals surface area contributed by atoms with Gasteiger partial charge in [-0.1, -0.05) is 0 Å². The lowest BCUT2D eigenvalue weighted by Gasteiger charge is -1.92. The molecule has 0 unspecified atom stereocenters. The third-order valence-electron chi connectivity index (χ3n) is 2.04. The Morgan fingerprint density at radius 2 is 2.21 bits per heavy atom. The Balaban J connectivity index is 2.84. The largest absolute Gasteiger partial charge is 0.399 e. The summed E-state index contributed by atoms with van der Waals surface area (Å²) in [5, 5.41) is 11.4. The second-order valence-corrected chi connectivity index (χ2v) is 4.28. The number of nitro groups is 1. The van der Waals surface area contributed by atoms with E-state index in [-0.39, 0.29) is 10.6 Å². The third-order valence-corrected chi connectivity index (χ3v) is 3.10. The van der Waals surface area contributed by atoms with Gasteiger partial charge in [-0.2, -0.15) is 0 Å². The number of anilines is 1. The molecule has 0 aliphatic heterocycles. The molecule has 0 aliphatic carbocycles. The van der Waals surface area contributed by atoms with E-state index in [1.165, 1.54) is 11.3 Å². The van der Waals surface area contributed by atoms with E-state index in [0.29, 0.717) is 11.1 Å². The van der Waals surface area contributed by atoms with Gasteiger partial charge in [0.15, 0.2) is 0 Å². The maximum Gasteiger partial charge on any atom is 0.290 e. The van der Waals surface area contributed by atoms with Crippen molar-refractivity contribution in [3.8, 4) is 0 Å². The Hall–Kier alpha value is -1.62. The smallest absolute Gasteiger partial charge is 0.290 e. The van der Waals surface area contributed by atoms with Crippen LogP contribution in [0.15, 0.2) is 18.2 Å². The first-order valence-corrected chi connectivity index (χ1v) is 4.84. The first kappa shape index (κ1) is 8.96. The molecule has 1 heterocycles. The summed E-state index contributed by atoms with van der Waals surface area (Å²) in [6, 6.07) is 5.15. The summed E-state index contributed by atoms with van der Waals surface area (Å²) >= 11 is 1.40. The normalized spacial score (nSPS) is 10.6. The van der Waals surface area contributed by atoms with E-state index in [1.54, 1.807) is 25.1 Å². The summed E-state index contributed by atoms with van der Waals surface area (Å²) in [4.78, 5) is 11.1. The molecular weight excluding hydrogens is 200 g/mol. The van der Waals surface area contributed by atoms with Crippen molar-refractivity contribution in [2.45, 2.75) is 6.92 Å². The molecule has 0 saturated carbocycles. The summed E-state index contributed by atoms with van der Waals surface area (Å²) in [7, 11) is 0. The predicted molar refractivity (Wildman–Crippen MR) is 57.6 cm³/mol. The molecule has 0 saturated heterocycles. The Morgan fingerprint density at radius 1 is 1.50 bits per heavy atom. The van der Waals surface area contributed by atoms with Crippen LogP contribution in [0, 0.1) is 17.0 Å². The van der Waals surface area contributed by atoms with Crippen LogP contribution in [0.2, 0.25) is 0 Å². The highest BCUT2D eigenvalue weighted by Crippen LogP contribution is 2.37. The minimum absolute atomic E-state index is 0.199. The minimum atomic E-state index is -0.343. The van der Waals surface area contributed by atoms with Gasteiger partial charge in [0.25, 0.3) is 5.69 Å². The molecular formula is C9H8N2O2S. The summed E-state index contributed by atoms with van der Waals surface area (Å²) in [6.07, 6.45) is 0. The molecule has 14 heavy (non-hydrogen) atoms. The van der Waals surface area contributed by atoms with Gasteiger partial charge in [-0.25, -0.2) is 0 Å². The molecule has 5 heteroatoms. The Morgan fingerprint density at radius 3 is 2.86 bits per heavy atom. The second kappa shape index (κ2) is 2.95. The topological polar surface area (TPSA) is 69.2 Å². The summed E-state index contributed by atoms with van der Waals surface area (Å²) in [6.45, 7) is 1.75. The quantitative estimate of drug-likeness (QED) is 0.445. The molecule has 2 aromatic rings. The van der Waals surface area contributed by atoms with Crippen molar-refractivity contribution in [2.24, 2.45) is 0 Å². The average Bonchev–Trinajstić information content (AvgIpc) is 2.39. The maximum atomic E-state index is 10.8. The van der Waals surface area contributed by atoms with Crippen LogP contribution in [0.3, 0.4) is 0 Å². The van der Waals surface area contributed by atoms with E-state index < -0.39 is 0 Å². The van der Waals surface area contributed by atoms with Gasteiger partial charge in [-0.15, -0.1) is 11.3 Å². The molecule has 72 valence electrons. The molecule has 0 aliphatic rings. The van der Waals surface area contributed by atoms with Gasteiger partial charge in [0.05, 0.1) is 15.2 Å². The number of nitrogens with zero attached hydrogens (tertiary/aromatic N) is 1. The van der Waals surface area contributed by atoms with Crippen LogP contribution in [-0.4, -0.2) is 4.92 Å². The maximum absolute atomic E-state index is 10.8. The Kier molecular flexibility index (Phi) is 1.89. The van der Waals surface area contributed by atoms with Gasteiger partial charge >= 0.3 is 0 Å². The highest BCUT2D eigenvalue weighted by molar-refractivity contribution is 7.19. The molecule has 0 radical (unpaired) electrons. The molecule has 2 rings (SSSR count). The van der Waals surface area contributed by atoms with Crippen molar-refractivity contribution in [2.75, 3.05) is 5.73 Å². The zero-order chi connectivity index (χ0) is 10.3. The number of hydrogen-bond donors (Lipinski definition) is 1. The van der Waals surface area contributed by atoms with Crippen LogP contribution in [0.1, 0.15) is 4.88 Å². The molecule has 1 aromatic heterocycles. The van der Waals surface area contributed by atoms with E-state index in [0.717, 1.165) is 9.58 Å². The Labute approximate surface area is 84.1 Å². The van der Waals surface area contributed by atoms with E-state index in [4.69, 9.17) is 5.73 Å². The Bertz CT molecular complexity index is 519. The number of nitrogens with two attached hydrogens (primary N) is 1. The van der Waals surface area contributed by atoms with Gasteiger partial charge in [-0.05, 0) is 25.1 Å². The second-order valence-electron chi connectivity index (χ2n) is 3.02. The van der Waals surface area contributed by atoms with Crippen molar-refractivity contribution >= 4 is 32.8 Å². The molecule has 0 spiro atoms. The number of rotatable bonds is 1. The van der Waals surface area contributed by atoms with Crippen LogP contribution in [0.4, 0.5) is 11.4 Å². The zero-order valence-corrected chi connectivity index (χ0v) is 8.30. The fraction of sp³-hybridized carbons (Fsp3) is 0.111. The fourth-order valence-electron chi connectivity index (χ4n) is 1.45. The minimum Gasteiger partial charge on any atom is -0.399 e. The first-order chi connectivity index (χ1) is 6.59. The number of aryl methyl sites for hydroxylation is 1. The number of benzene rings is 1. The summed E-state index contributed by atoms with van der Waals surface area (Å²) in [5.74, 6) is 0. The average molecular weight is 208 g/mol. The van der Waals surface area contributed by atoms with Gasteiger partial charge in [0.2, 0.25) is 0 Å². The van der Waals surface area contributed by atoms with Gasteiger partial charge < -0.3 is 5.73 Å². The van der Waals surface area contributed by atoms with E-state index in [1.807, 2.05) is 0 Å². The van der Waals surface area contributed by atoms with E-state index in [9.17, 15) is 10.1 Å². The lowest BCUT2D eigenvalue weighted by Crippen LogP contribution is -1.88. The standard InChI is InChI=1S/C9H8N2O2S/c1-5-9(11(12)13)7-3-2-6(10)4-8(7)14-5/h2-4H,10H2,1H3. The number of hydrogen-bond acceptors (Lipinski definition) is 4. The van der Waals surface area contributed by atoms with Crippen molar-refractivity contribution in [3.05, 3.63) is 33.2 Å². The van der Waals surface area contributed by atoms with Crippen molar-refractivity contribution in [3.63, 3.8) is 0 Å². The molecule has 2 N–H and O–H groups in total. The highest BCUT2D eigenvalue weighted by atomic mass is 32.1. The van der Waals surface area contributed by atoms with Crippen LogP contribution in [-0.2, 0) is 0 Å². The van der Waals surface area contributed by atoms with Gasteiger partial charge in [0, 0.05) is 10.4 Å². The van der Waals surface area contributed by atoms with Crippen LogP contribution in [0.25, 0.3) is 10.1 Å². The molecule has 1 aromatic carbocycles. The van der Waals surface area contributed by atoms with Crippen LogP contribution >= 0.6 is 11.3 Å². The number of fused-ring (bicyclic) bond motifs is 1. The highest BCUT2D eigenvalue weighted by Gasteiger charge is 2.18. The zero-order valence-electron chi connectivity index (χ0n) is 7.48. The fourth-order valence-corrected chi connectivity index (χ4v) is 2.53. The van der Waals surface area contributed by atoms with Gasteiger partial charge in [-0.3, -0.25) is 10.1 Å². The molecule has 0 bridgehead atoms. The predicted octanol–water partition coefficient (Wildman–Crippen LogP) is 2.70. The third kappa shape index (κ3) is 1.22. The summed E-state index contributed by atoms with van der Waals surface area (Å²) < 4.78 is 0.870. The van der Waals surface area contributed by atoms with Gasteiger partial charge in [0.1, 0.15) is 0 Å². The SMILES string of the molecule is Cc1sc2cc(N)ccc2c1[N+](=O)[O-]. The monoisotopic (exact) mass is 208 g/mol. The lowest BCUT2D eigenvalue weighted by molar-refractivity contribution is -0.383. The first-order valence-electron chi connectivity index (χ1n) is 4.02. The lowest BCUT2D eigenvalue weighted by atomic mass is 10.2. The van der Waals surface area contributed by atoms with Crippen LogP contribution < -0.4 is 5.73 Å².